The van der Waals surface area contributed by atoms with E-state index in [2.05, 4.69) is 37.4 Å². The number of hydrogen-bond acceptors (Lipinski definition) is 3. The second kappa shape index (κ2) is 8.23. The SMILES string of the molecule is Cc1ccc(C)c(SCC(=O)NC(C)CCCO)c1. The fourth-order valence-corrected chi connectivity index (χ4v) is 2.73. The fourth-order valence-electron chi connectivity index (χ4n) is 1.79. The number of carbonyl (C=O) groups is 1. The highest BCUT2D eigenvalue weighted by molar-refractivity contribution is 8.00. The Morgan fingerprint density at radius 2 is 2.16 bits per heavy atom. The van der Waals surface area contributed by atoms with E-state index in [1.807, 2.05) is 6.92 Å². The van der Waals surface area contributed by atoms with E-state index in [9.17, 15) is 4.79 Å². The zero-order valence-electron chi connectivity index (χ0n) is 11.9. The molecule has 1 aromatic carbocycles. The lowest BCUT2D eigenvalue weighted by Gasteiger charge is -2.13. The molecule has 0 fully saturated rings. The van der Waals surface area contributed by atoms with Crippen molar-refractivity contribution in [3.8, 4) is 0 Å². The summed E-state index contributed by atoms with van der Waals surface area (Å²) in [6.07, 6.45) is 1.54. The van der Waals surface area contributed by atoms with Crippen molar-refractivity contribution in [3.63, 3.8) is 0 Å². The van der Waals surface area contributed by atoms with Gasteiger partial charge in [0.2, 0.25) is 5.91 Å². The van der Waals surface area contributed by atoms with Crippen LogP contribution in [-0.4, -0.2) is 29.4 Å². The number of aryl methyl sites for hydroxylation is 2. The van der Waals surface area contributed by atoms with E-state index in [1.54, 1.807) is 11.8 Å². The van der Waals surface area contributed by atoms with Gasteiger partial charge < -0.3 is 10.4 Å². The molecule has 0 aliphatic heterocycles. The van der Waals surface area contributed by atoms with Crippen LogP contribution in [0.2, 0.25) is 0 Å². The summed E-state index contributed by atoms with van der Waals surface area (Å²) in [5.74, 6) is 0.490. The van der Waals surface area contributed by atoms with E-state index in [1.165, 1.54) is 11.1 Å². The maximum Gasteiger partial charge on any atom is 0.230 e. The summed E-state index contributed by atoms with van der Waals surface area (Å²) in [7, 11) is 0. The third-order valence-corrected chi connectivity index (χ3v) is 4.06. The molecule has 0 spiro atoms. The van der Waals surface area contributed by atoms with Gasteiger partial charge in [-0.05, 0) is 45.2 Å². The Hall–Kier alpha value is -1.00. The molecule has 2 N–H and O–H groups in total. The van der Waals surface area contributed by atoms with Gasteiger partial charge in [0.1, 0.15) is 0 Å². The Morgan fingerprint density at radius 3 is 2.84 bits per heavy atom. The molecule has 0 aromatic heterocycles. The molecule has 0 bridgehead atoms. The minimum Gasteiger partial charge on any atom is -0.396 e. The molecule has 3 nitrogen and oxygen atoms in total. The summed E-state index contributed by atoms with van der Waals surface area (Å²) < 4.78 is 0. The van der Waals surface area contributed by atoms with Gasteiger partial charge in [-0.25, -0.2) is 0 Å². The summed E-state index contributed by atoms with van der Waals surface area (Å²) in [6, 6.07) is 6.40. The summed E-state index contributed by atoms with van der Waals surface area (Å²) in [6.45, 7) is 6.26. The number of thioether (sulfide) groups is 1. The highest BCUT2D eigenvalue weighted by Crippen LogP contribution is 2.23. The lowest BCUT2D eigenvalue weighted by atomic mass is 10.2. The van der Waals surface area contributed by atoms with Crippen LogP contribution in [0.15, 0.2) is 23.1 Å². The largest absolute Gasteiger partial charge is 0.396 e. The van der Waals surface area contributed by atoms with Crippen LogP contribution in [-0.2, 0) is 4.79 Å². The summed E-state index contributed by atoms with van der Waals surface area (Å²) in [5.41, 5.74) is 2.42. The van der Waals surface area contributed by atoms with Crippen molar-refractivity contribution >= 4 is 17.7 Å². The Balaban J connectivity index is 2.39. The number of carbonyl (C=O) groups excluding carboxylic acids is 1. The molecule has 0 aliphatic carbocycles. The van der Waals surface area contributed by atoms with Gasteiger partial charge in [0.15, 0.2) is 0 Å². The summed E-state index contributed by atoms with van der Waals surface area (Å²) >= 11 is 1.57. The lowest BCUT2D eigenvalue weighted by molar-refractivity contribution is -0.119. The zero-order valence-corrected chi connectivity index (χ0v) is 12.7. The molecule has 0 heterocycles. The lowest BCUT2D eigenvalue weighted by Crippen LogP contribution is -2.33. The molecule has 4 heteroatoms. The molecule has 0 radical (unpaired) electrons. The van der Waals surface area contributed by atoms with Gasteiger partial charge in [-0.3, -0.25) is 4.79 Å². The Kier molecular flexibility index (Phi) is 6.95. The molecule has 0 saturated heterocycles. The highest BCUT2D eigenvalue weighted by Gasteiger charge is 2.08. The maximum absolute atomic E-state index is 11.8. The summed E-state index contributed by atoms with van der Waals surface area (Å²) in [4.78, 5) is 13.0. The van der Waals surface area contributed by atoms with Gasteiger partial charge in [-0.1, -0.05) is 17.7 Å². The van der Waals surface area contributed by atoms with Crippen LogP contribution in [0.3, 0.4) is 0 Å². The van der Waals surface area contributed by atoms with Crippen molar-refractivity contribution in [2.75, 3.05) is 12.4 Å². The van der Waals surface area contributed by atoms with Crippen molar-refractivity contribution in [3.05, 3.63) is 29.3 Å². The first-order valence-corrected chi connectivity index (χ1v) is 7.61. The second-order valence-corrected chi connectivity index (χ2v) is 5.91. The second-order valence-electron chi connectivity index (χ2n) is 4.89. The maximum atomic E-state index is 11.8. The minimum atomic E-state index is 0.0522. The standard InChI is InChI=1S/C15H23NO2S/c1-11-6-7-12(2)14(9-11)19-10-15(18)16-13(3)5-4-8-17/h6-7,9,13,17H,4-5,8,10H2,1-3H3,(H,16,18). The number of amides is 1. The van der Waals surface area contributed by atoms with Crippen molar-refractivity contribution in [2.24, 2.45) is 0 Å². The van der Waals surface area contributed by atoms with Crippen LogP contribution in [0.25, 0.3) is 0 Å². The van der Waals surface area contributed by atoms with Gasteiger partial charge in [0.25, 0.3) is 0 Å². The smallest absolute Gasteiger partial charge is 0.230 e. The molecule has 1 rings (SSSR count). The number of benzene rings is 1. The first-order valence-electron chi connectivity index (χ1n) is 6.63. The van der Waals surface area contributed by atoms with E-state index in [4.69, 9.17) is 5.11 Å². The molecule has 0 aliphatic rings. The predicted molar refractivity (Wildman–Crippen MR) is 80.6 cm³/mol. The van der Waals surface area contributed by atoms with Crippen LogP contribution in [0.1, 0.15) is 30.9 Å². The molecular weight excluding hydrogens is 258 g/mol. The van der Waals surface area contributed by atoms with Crippen LogP contribution in [0, 0.1) is 13.8 Å². The average molecular weight is 281 g/mol. The monoisotopic (exact) mass is 281 g/mol. The zero-order chi connectivity index (χ0) is 14.3. The van der Waals surface area contributed by atoms with Crippen molar-refractivity contribution in [1.29, 1.82) is 0 Å². The molecule has 1 atom stereocenters. The molecule has 106 valence electrons. The number of nitrogens with one attached hydrogen (secondary N) is 1. The van der Waals surface area contributed by atoms with Crippen LogP contribution in [0.4, 0.5) is 0 Å². The first kappa shape index (κ1) is 16.1. The van der Waals surface area contributed by atoms with Gasteiger partial charge in [0, 0.05) is 17.5 Å². The van der Waals surface area contributed by atoms with Gasteiger partial charge in [-0.15, -0.1) is 11.8 Å². The van der Waals surface area contributed by atoms with Crippen molar-refractivity contribution < 1.29 is 9.90 Å². The van der Waals surface area contributed by atoms with Crippen molar-refractivity contribution in [1.82, 2.24) is 5.32 Å². The van der Waals surface area contributed by atoms with Gasteiger partial charge in [0.05, 0.1) is 5.75 Å². The average Bonchev–Trinajstić information content (AvgIpc) is 2.37. The predicted octanol–water partition coefficient (Wildman–Crippen LogP) is 2.67. The molecular formula is C15H23NO2S. The van der Waals surface area contributed by atoms with Crippen LogP contribution in [0.5, 0.6) is 0 Å². The number of aliphatic hydroxyl groups excluding tert-OH is 1. The van der Waals surface area contributed by atoms with E-state index >= 15 is 0 Å². The van der Waals surface area contributed by atoms with E-state index < -0.39 is 0 Å². The minimum absolute atomic E-state index is 0.0522. The number of hydrogen-bond donors (Lipinski definition) is 2. The molecule has 1 amide bonds. The molecule has 19 heavy (non-hydrogen) atoms. The summed E-state index contributed by atoms with van der Waals surface area (Å²) in [5, 5.41) is 11.7. The van der Waals surface area contributed by atoms with Crippen LogP contribution < -0.4 is 5.32 Å². The topological polar surface area (TPSA) is 49.3 Å². The fraction of sp³-hybridized carbons (Fsp3) is 0.533. The number of aliphatic hydroxyl groups is 1. The van der Waals surface area contributed by atoms with Crippen LogP contribution >= 0.6 is 11.8 Å². The normalized spacial score (nSPS) is 12.2. The Bertz CT molecular complexity index is 421. The van der Waals surface area contributed by atoms with Crippen molar-refractivity contribution in [2.45, 2.75) is 44.6 Å². The molecule has 1 unspecified atom stereocenters. The highest BCUT2D eigenvalue weighted by atomic mass is 32.2. The van der Waals surface area contributed by atoms with E-state index in [0.29, 0.717) is 5.75 Å². The first-order chi connectivity index (χ1) is 9.02. The molecule has 1 aromatic rings. The van der Waals surface area contributed by atoms with Gasteiger partial charge >= 0.3 is 0 Å². The quantitative estimate of drug-likeness (QED) is 0.755. The molecule has 0 saturated carbocycles. The Labute approximate surface area is 119 Å². The Morgan fingerprint density at radius 1 is 1.42 bits per heavy atom. The van der Waals surface area contributed by atoms with Gasteiger partial charge in [-0.2, -0.15) is 0 Å². The van der Waals surface area contributed by atoms with E-state index in [0.717, 1.165) is 17.7 Å². The van der Waals surface area contributed by atoms with E-state index in [-0.39, 0.29) is 18.6 Å². The third kappa shape index (κ3) is 6.12. The third-order valence-electron chi connectivity index (χ3n) is 2.91. The number of rotatable bonds is 7.